The van der Waals surface area contributed by atoms with Crippen LogP contribution in [-0.2, 0) is 4.74 Å². The average Bonchev–Trinajstić information content (AvgIpc) is 3.09. The van der Waals surface area contributed by atoms with Gasteiger partial charge >= 0.3 is 0 Å². The highest BCUT2D eigenvalue weighted by Crippen LogP contribution is 2.48. The highest BCUT2D eigenvalue weighted by molar-refractivity contribution is 5.78. The molecule has 1 aliphatic heterocycles. The summed E-state index contributed by atoms with van der Waals surface area (Å²) < 4.78 is 5.44. The van der Waals surface area contributed by atoms with Crippen LogP contribution in [0.15, 0.2) is 4.99 Å². The molecule has 1 heterocycles. The Morgan fingerprint density at radius 1 is 1.19 bits per heavy atom. The van der Waals surface area contributed by atoms with Gasteiger partial charge in [0.25, 0.3) is 0 Å². The fourth-order valence-corrected chi connectivity index (χ4v) is 4.33. The SMILES string of the molecule is NC(=NCC1CCC2(CCOCC2)C1O)NC1CCCC1. The highest BCUT2D eigenvalue weighted by atomic mass is 16.5. The van der Waals surface area contributed by atoms with E-state index in [9.17, 15) is 5.11 Å². The number of aliphatic imine (C=N–C) groups is 1. The smallest absolute Gasteiger partial charge is 0.188 e. The number of rotatable bonds is 3. The van der Waals surface area contributed by atoms with Crippen molar-refractivity contribution in [3.63, 3.8) is 0 Å². The van der Waals surface area contributed by atoms with Crippen LogP contribution in [0, 0.1) is 11.3 Å². The van der Waals surface area contributed by atoms with Crippen LogP contribution in [0.5, 0.6) is 0 Å². The van der Waals surface area contributed by atoms with Crippen LogP contribution in [0.25, 0.3) is 0 Å². The zero-order valence-corrected chi connectivity index (χ0v) is 12.9. The number of aliphatic hydroxyl groups is 1. The number of hydrogen-bond acceptors (Lipinski definition) is 3. The molecule has 0 bridgehead atoms. The van der Waals surface area contributed by atoms with Gasteiger partial charge in [0, 0.05) is 37.1 Å². The van der Waals surface area contributed by atoms with Crippen molar-refractivity contribution in [2.24, 2.45) is 22.1 Å². The first-order valence-corrected chi connectivity index (χ1v) is 8.52. The predicted molar refractivity (Wildman–Crippen MR) is 83.1 cm³/mol. The molecule has 0 amide bonds. The van der Waals surface area contributed by atoms with Gasteiger partial charge in [0.05, 0.1) is 6.10 Å². The Labute approximate surface area is 127 Å². The van der Waals surface area contributed by atoms with Crippen LogP contribution in [0.3, 0.4) is 0 Å². The van der Waals surface area contributed by atoms with Gasteiger partial charge in [-0.05, 0) is 38.5 Å². The number of nitrogens with two attached hydrogens (primary N) is 1. The molecule has 3 aliphatic rings. The van der Waals surface area contributed by atoms with Crippen molar-refractivity contribution < 1.29 is 9.84 Å². The highest BCUT2D eigenvalue weighted by Gasteiger charge is 2.47. The van der Waals surface area contributed by atoms with Gasteiger partial charge in [-0.1, -0.05) is 12.8 Å². The Morgan fingerprint density at radius 3 is 2.62 bits per heavy atom. The average molecular weight is 295 g/mol. The van der Waals surface area contributed by atoms with Crippen LogP contribution in [0.4, 0.5) is 0 Å². The van der Waals surface area contributed by atoms with Gasteiger partial charge < -0.3 is 20.9 Å². The summed E-state index contributed by atoms with van der Waals surface area (Å²) in [5, 5.41) is 14.0. The van der Waals surface area contributed by atoms with Gasteiger partial charge in [0.15, 0.2) is 5.96 Å². The molecule has 1 saturated heterocycles. The lowest BCUT2D eigenvalue weighted by atomic mass is 9.76. The Hall–Kier alpha value is -0.810. The molecular formula is C16H29N3O2. The second-order valence-corrected chi connectivity index (χ2v) is 7.07. The number of hydrogen-bond donors (Lipinski definition) is 3. The maximum absolute atomic E-state index is 10.7. The Balaban J connectivity index is 1.51. The molecule has 2 atom stereocenters. The minimum Gasteiger partial charge on any atom is -0.392 e. The third kappa shape index (κ3) is 3.34. The first kappa shape index (κ1) is 15.1. The van der Waals surface area contributed by atoms with Crippen molar-refractivity contribution in [2.75, 3.05) is 19.8 Å². The molecule has 0 aromatic rings. The maximum Gasteiger partial charge on any atom is 0.188 e. The lowest BCUT2D eigenvalue weighted by Crippen LogP contribution is -2.41. The molecular weight excluding hydrogens is 266 g/mol. The van der Waals surface area contributed by atoms with Crippen LogP contribution in [0.1, 0.15) is 51.4 Å². The summed E-state index contributed by atoms with van der Waals surface area (Å²) in [5.41, 5.74) is 6.07. The van der Waals surface area contributed by atoms with Crippen LogP contribution >= 0.6 is 0 Å². The van der Waals surface area contributed by atoms with E-state index in [-0.39, 0.29) is 17.4 Å². The van der Waals surface area contributed by atoms with Gasteiger partial charge in [-0.25, -0.2) is 0 Å². The summed E-state index contributed by atoms with van der Waals surface area (Å²) in [6.07, 6.45) is 8.87. The fraction of sp³-hybridized carbons (Fsp3) is 0.938. The van der Waals surface area contributed by atoms with E-state index in [1.165, 1.54) is 25.7 Å². The molecule has 5 heteroatoms. The van der Waals surface area contributed by atoms with Crippen LogP contribution < -0.4 is 11.1 Å². The monoisotopic (exact) mass is 295 g/mol. The number of ether oxygens (including phenoxy) is 1. The summed E-state index contributed by atoms with van der Waals surface area (Å²) >= 11 is 0. The number of nitrogens with zero attached hydrogens (tertiary/aromatic N) is 1. The Morgan fingerprint density at radius 2 is 1.90 bits per heavy atom. The quantitative estimate of drug-likeness (QED) is 0.543. The second-order valence-electron chi connectivity index (χ2n) is 7.07. The summed E-state index contributed by atoms with van der Waals surface area (Å²) in [7, 11) is 0. The molecule has 5 nitrogen and oxygen atoms in total. The van der Waals surface area contributed by atoms with Crippen molar-refractivity contribution in [1.29, 1.82) is 0 Å². The molecule has 0 radical (unpaired) electrons. The third-order valence-electron chi connectivity index (χ3n) is 5.78. The molecule has 21 heavy (non-hydrogen) atoms. The summed E-state index contributed by atoms with van der Waals surface area (Å²) in [6.45, 7) is 2.23. The van der Waals surface area contributed by atoms with Crippen molar-refractivity contribution in [1.82, 2.24) is 5.32 Å². The minimum atomic E-state index is -0.246. The van der Waals surface area contributed by atoms with E-state index < -0.39 is 0 Å². The summed E-state index contributed by atoms with van der Waals surface area (Å²) in [6, 6.07) is 0.504. The molecule has 2 saturated carbocycles. The number of aliphatic hydroxyl groups excluding tert-OH is 1. The van der Waals surface area contributed by atoms with E-state index in [2.05, 4.69) is 10.3 Å². The number of nitrogens with one attached hydrogen (secondary N) is 1. The molecule has 1 spiro atoms. The molecule has 0 aromatic heterocycles. The van der Waals surface area contributed by atoms with Crippen molar-refractivity contribution in [3.8, 4) is 0 Å². The molecule has 120 valence electrons. The Bertz CT molecular complexity index is 374. The first-order valence-electron chi connectivity index (χ1n) is 8.52. The van der Waals surface area contributed by atoms with E-state index in [1.54, 1.807) is 0 Å². The van der Waals surface area contributed by atoms with E-state index in [1.807, 2.05) is 0 Å². The Kier molecular flexibility index (Phi) is 4.69. The minimum absolute atomic E-state index is 0.0894. The molecule has 3 fully saturated rings. The molecule has 2 aliphatic carbocycles. The van der Waals surface area contributed by atoms with E-state index in [0.717, 1.165) is 38.9 Å². The van der Waals surface area contributed by atoms with E-state index >= 15 is 0 Å². The van der Waals surface area contributed by atoms with E-state index in [4.69, 9.17) is 10.5 Å². The molecule has 4 N–H and O–H groups in total. The normalized spacial score (nSPS) is 33.7. The summed E-state index contributed by atoms with van der Waals surface area (Å²) in [5.74, 6) is 0.814. The van der Waals surface area contributed by atoms with Crippen molar-refractivity contribution >= 4 is 5.96 Å². The predicted octanol–water partition coefficient (Wildman–Crippen LogP) is 1.40. The van der Waals surface area contributed by atoms with Gasteiger partial charge in [-0.3, -0.25) is 4.99 Å². The van der Waals surface area contributed by atoms with Gasteiger partial charge in [0.2, 0.25) is 0 Å². The van der Waals surface area contributed by atoms with Crippen LogP contribution in [-0.4, -0.2) is 43.0 Å². The lowest BCUT2D eigenvalue weighted by molar-refractivity contribution is -0.0548. The zero-order valence-electron chi connectivity index (χ0n) is 12.9. The second kappa shape index (κ2) is 6.53. The van der Waals surface area contributed by atoms with Gasteiger partial charge in [0.1, 0.15) is 0 Å². The molecule has 2 unspecified atom stereocenters. The van der Waals surface area contributed by atoms with Crippen LogP contribution in [0.2, 0.25) is 0 Å². The standard InChI is InChI=1S/C16H29N3O2/c17-15(19-13-3-1-2-4-13)18-11-12-5-6-16(14(12)20)7-9-21-10-8-16/h12-14,20H,1-11H2,(H3,17,18,19). The van der Waals surface area contributed by atoms with Crippen molar-refractivity contribution in [3.05, 3.63) is 0 Å². The summed E-state index contributed by atoms with van der Waals surface area (Å²) in [4.78, 5) is 4.49. The van der Waals surface area contributed by atoms with Gasteiger partial charge in [-0.15, -0.1) is 0 Å². The first-order chi connectivity index (χ1) is 10.2. The van der Waals surface area contributed by atoms with E-state index in [0.29, 0.717) is 18.5 Å². The lowest BCUT2D eigenvalue weighted by Gasteiger charge is -2.37. The maximum atomic E-state index is 10.7. The molecule has 3 rings (SSSR count). The fourth-order valence-electron chi connectivity index (χ4n) is 4.33. The molecule has 0 aromatic carbocycles. The number of guanidine groups is 1. The van der Waals surface area contributed by atoms with Crippen molar-refractivity contribution in [2.45, 2.75) is 63.5 Å². The topological polar surface area (TPSA) is 79.9 Å². The largest absolute Gasteiger partial charge is 0.392 e. The zero-order chi connectivity index (χ0) is 14.7. The third-order valence-corrected chi connectivity index (χ3v) is 5.78. The van der Waals surface area contributed by atoms with Gasteiger partial charge in [-0.2, -0.15) is 0 Å².